The van der Waals surface area contributed by atoms with Crippen molar-refractivity contribution >= 4 is 19.7 Å². The summed E-state index contributed by atoms with van der Waals surface area (Å²) in [5, 5.41) is 4.50. The number of anilines is 1. The molecule has 4 atom stereocenters. The molecule has 30 heavy (non-hydrogen) atoms. The number of ether oxygens (including phenoxy) is 3. The monoisotopic (exact) mass is 434 g/mol. The number of nitrogen functional groups attached to an aromatic ring is 1. The zero-order valence-electron chi connectivity index (χ0n) is 19.2. The summed E-state index contributed by atoms with van der Waals surface area (Å²) in [5.41, 5.74) is 6.99. The number of hydrogen-bond donors (Lipinski definition) is 1. The summed E-state index contributed by atoms with van der Waals surface area (Å²) in [6, 6.07) is 3.88. The molecule has 9 heteroatoms. The van der Waals surface area contributed by atoms with Gasteiger partial charge in [-0.2, -0.15) is 5.10 Å². The Morgan fingerprint density at radius 1 is 1.17 bits per heavy atom. The SMILES string of the molecule is CC1(C)O[C@H]2[C@H](c3ccc4c(N)ncnn34)O[C@](C)(CO[Si](C)(C)C(C)(C)C)[C@H]2O1. The highest BCUT2D eigenvalue weighted by atomic mass is 28.4. The van der Waals surface area contributed by atoms with Crippen molar-refractivity contribution in [3.63, 3.8) is 0 Å². The fourth-order valence-corrected chi connectivity index (χ4v) is 5.06. The molecule has 2 saturated heterocycles. The molecule has 0 aliphatic carbocycles. The average Bonchev–Trinajstić information content (AvgIpc) is 3.25. The predicted molar refractivity (Wildman–Crippen MR) is 117 cm³/mol. The lowest BCUT2D eigenvalue weighted by Gasteiger charge is -2.40. The molecule has 0 unspecified atom stereocenters. The Hall–Kier alpha value is -1.52. The van der Waals surface area contributed by atoms with Crippen LogP contribution in [0.1, 0.15) is 53.3 Å². The van der Waals surface area contributed by atoms with Gasteiger partial charge in [0.05, 0.1) is 12.3 Å². The van der Waals surface area contributed by atoms with Gasteiger partial charge >= 0.3 is 0 Å². The lowest BCUT2D eigenvalue weighted by atomic mass is 9.97. The fraction of sp³-hybridized carbons (Fsp3) is 0.714. The predicted octanol–water partition coefficient (Wildman–Crippen LogP) is 3.68. The van der Waals surface area contributed by atoms with Gasteiger partial charge in [-0.05, 0) is 51.0 Å². The van der Waals surface area contributed by atoms with E-state index >= 15 is 0 Å². The van der Waals surface area contributed by atoms with E-state index in [1.54, 1.807) is 4.52 Å². The lowest BCUT2D eigenvalue weighted by Crippen LogP contribution is -2.50. The van der Waals surface area contributed by atoms with Crippen molar-refractivity contribution < 1.29 is 18.6 Å². The molecule has 0 amide bonds. The summed E-state index contributed by atoms with van der Waals surface area (Å²) in [6.45, 7) is 17.6. The molecule has 2 N–H and O–H groups in total. The third kappa shape index (κ3) is 3.46. The van der Waals surface area contributed by atoms with Crippen LogP contribution >= 0.6 is 0 Å². The van der Waals surface area contributed by atoms with Crippen LogP contribution in [0.4, 0.5) is 5.82 Å². The van der Waals surface area contributed by atoms with Crippen LogP contribution in [0.3, 0.4) is 0 Å². The van der Waals surface area contributed by atoms with Crippen LogP contribution in [0.15, 0.2) is 18.5 Å². The van der Waals surface area contributed by atoms with Crippen molar-refractivity contribution in [2.75, 3.05) is 12.3 Å². The van der Waals surface area contributed by atoms with E-state index in [4.69, 9.17) is 24.4 Å². The molecule has 0 bridgehead atoms. The molecule has 0 spiro atoms. The minimum Gasteiger partial charge on any atom is -0.414 e. The third-order valence-electron chi connectivity index (χ3n) is 6.75. The van der Waals surface area contributed by atoms with E-state index in [0.29, 0.717) is 12.4 Å². The maximum Gasteiger partial charge on any atom is 0.192 e. The van der Waals surface area contributed by atoms with Crippen LogP contribution in [0.2, 0.25) is 18.1 Å². The number of nitrogens with zero attached hydrogens (tertiary/aromatic N) is 3. The number of aromatic nitrogens is 3. The lowest BCUT2D eigenvalue weighted by molar-refractivity contribution is -0.212. The van der Waals surface area contributed by atoms with Crippen molar-refractivity contribution in [3.8, 4) is 0 Å². The van der Waals surface area contributed by atoms with E-state index in [9.17, 15) is 0 Å². The smallest absolute Gasteiger partial charge is 0.192 e. The van der Waals surface area contributed by atoms with Gasteiger partial charge in [0.15, 0.2) is 19.9 Å². The molecule has 0 saturated carbocycles. The minimum absolute atomic E-state index is 0.110. The van der Waals surface area contributed by atoms with Crippen molar-refractivity contribution in [2.24, 2.45) is 0 Å². The first-order chi connectivity index (χ1) is 13.7. The summed E-state index contributed by atoms with van der Waals surface area (Å²) in [6.07, 6.45) is 0.560. The zero-order valence-corrected chi connectivity index (χ0v) is 20.2. The molecule has 2 aromatic rings. The fourth-order valence-electron chi connectivity index (χ4n) is 3.98. The molecule has 4 heterocycles. The molecular weight excluding hydrogens is 400 g/mol. The Labute approximate surface area is 179 Å². The highest BCUT2D eigenvalue weighted by molar-refractivity contribution is 6.74. The van der Waals surface area contributed by atoms with E-state index in [1.807, 2.05) is 26.0 Å². The molecule has 2 aromatic heterocycles. The van der Waals surface area contributed by atoms with E-state index < -0.39 is 19.7 Å². The van der Waals surface area contributed by atoms with E-state index in [2.05, 4.69) is 50.9 Å². The maximum atomic E-state index is 6.63. The molecule has 4 rings (SSSR count). The largest absolute Gasteiger partial charge is 0.414 e. The molecule has 0 aromatic carbocycles. The number of rotatable bonds is 4. The first-order valence-corrected chi connectivity index (χ1v) is 13.4. The van der Waals surface area contributed by atoms with Crippen molar-refractivity contribution in [2.45, 2.75) is 89.4 Å². The van der Waals surface area contributed by atoms with Gasteiger partial charge in [0.2, 0.25) is 0 Å². The summed E-state index contributed by atoms with van der Waals surface area (Å²) >= 11 is 0. The van der Waals surface area contributed by atoms with Crippen LogP contribution in [0.25, 0.3) is 5.52 Å². The van der Waals surface area contributed by atoms with Gasteiger partial charge in [0.25, 0.3) is 0 Å². The molecule has 166 valence electrons. The highest BCUT2D eigenvalue weighted by Gasteiger charge is 2.62. The Morgan fingerprint density at radius 2 is 1.87 bits per heavy atom. The standard InChI is InChI=1S/C21H34N4O4Si/c1-19(2,3)30(7,8)26-11-21(6)17-16(27-20(4,5)29-17)15(28-21)13-9-10-14-18(22)23-12-24-25(13)14/h9-10,12,15-17H,11H2,1-8H3,(H2,22,23,24)/t15-,16-,17-,21+/m0/s1. The number of hydrogen-bond acceptors (Lipinski definition) is 7. The van der Waals surface area contributed by atoms with Gasteiger partial charge in [-0.1, -0.05) is 20.8 Å². The summed E-state index contributed by atoms with van der Waals surface area (Å²) in [5.74, 6) is -0.268. The van der Waals surface area contributed by atoms with Crippen LogP contribution < -0.4 is 5.73 Å². The average molecular weight is 435 g/mol. The van der Waals surface area contributed by atoms with Crippen molar-refractivity contribution in [3.05, 3.63) is 24.2 Å². The maximum absolute atomic E-state index is 6.63. The number of nitrogens with two attached hydrogens (primary N) is 1. The third-order valence-corrected chi connectivity index (χ3v) is 11.2. The Morgan fingerprint density at radius 3 is 2.53 bits per heavy atom. The van der Waals surface area contributed by atoms with Gasteiger partial charge in [0, 0.05) is 0 Å². The van der Waals surface area contributed by atoms with Crippen LogP contribution in [0, 0.1) is 0 Å². The molecule has 8 nitrogen and oxygen atoms in total. The van der Waals surface area contributed by atoms with Crippen LogP contribution in [-0.4, -0.2) is 53.1 Å². The highest BCUT2D eigenvalue weighted by Crippen LogP contribution is 2.50. The van der Waals surface area contributed by atoms with Gasteiger partial charge < -0.3 is 24.4 Å². The molecule has 0 radical (unpaired) electrons. The first-order valence-electron chi connectivity index (χ1n) is 10.5. The van der Waals surface area contributed by atoms with E-state index in [-0.39, 0.29) is 23.4 Å². The van der Waals surface area contributed by atoms with Crippen LogP contribution in [-0.2, 0) is 18.6 Å². The normalized spacial score (nSPS) is 31.4. The van der Waals surface area contributed by atoms with Crippen molar-refractivity contribution in [1.82, 2.24) is 14.6 Å². The zero-order chi connectivity index (χ0) is 22.1. The minimum atomic E-state index is -1.96. The van der Waals surface area contributed by atoms with Gasteiger partial charge in [-0.3, -0.25) is 0 Å². The number of fused-ring (bicyclic) bond motifs is 2. The summed E-state index contributed by atoms with van der Waals surface area (Å²) < 4.78 is 27.6. The second-order valence-corrected chi connectivity index (χ2v) is 15.4. The van der Waals surface area contributed by atoms with Crippen LogP contribution in [0.5, 0.6) is 0 Å². The summed E-state index contributed by atoms with van der Waals surface area (Å²) in [4.78, 5) is 4.08. The van der Waals surface area contributed by atoms with E-state index in [0.717, 1.165) is 11.2 Å². The van der Waals surface area contributed by atoms with Gasteiger partial charge in [0.1, 0.15) is 35.8 Å². The van der Waals surface area contributed by atoms with Crippen molar-refractivity contribution in [1.29, 1.82) is 0 Å². The Bertz CT molecular complexity index is 954. The Balaban J connectivity index is 1.68. The second kappa shape index (κ2) is 6.74. The Kier molecular flexibility index (Phi) is 4.87. The van der Waals surface area contributed by atoms with Gasteiger partial charge in [-0.25, -0.2) is 9.50 Å². The second-order valence-electron chi connectivity index (χ2n) is 10.6. The summed E-state index contributed by atoms with van der Waals surface area (Å²) in [7, 11) is -1.96. The van der Waals surface area contributed by atoms with Gasteiger partial charge in [-0.15, -0.1) is 0 Å². The molecular formula is C21H34N4O4Si. The van der Waals surface area contributed by atoms with E-state index in [1.165, 1.54) is 6.33 Å². The first kappa shape index (κ1) is 21.7. The quantitative estimate of drug-likeness (QED) is 0.734. The molecule has 2 aliphatic heterocycles. The molecule has 2 aliphatic rings. The molecule has 2 fully saturated rings. The topological polar surface area (TPSA) is 93.1 Å².